The second-order valence-electron chi connectivity index (χ2n) is 5.50. The molecule has 0 aromatic heterocycles. The molecule has 0 fully saturated rings. The largest absolute Gasteiger partial charge is 0.381 e. The van der Waals surface area contributed by atoms with Gasteiger partial charge in [-0.2, -0.15) is 0 Å². The Morgan fingerprint density at radius 3 is 1.33 bits per heavy atom. The number of hydrogen-bond donors (Lipinski definition) is 0. The van der Waals surface area contributed by atoms with Gasteiger partial charge in [-0.25, -0.2) is 0 Å². The Hall–Kier alpha value is -0.0400. The molecule has 0 aliphatic heterocycles. The van der Waals surface area contributed by atoms with Gasteiger partial charge in [0.25, 0.3) is 0 Å². The maximum Gasteiger partial charge on any atom is 0.0466 e. The number of rotatable bonds is 15. The molecule has 0 spiro atoms. The van der Waals surface area contributed by atoms with E-state index in [1.54, 1.807) is 0 Å². The molecular weight excluding hydrogens is 220 g/mol. The monoisotopic (exact) mass is 256 g/mol. The highest BCUT2D eigenvalue weighted by molar-refractivity contribution is 4.48. The zero-order valence-electron chi connectivity index (χ0n) is 13.0. The van der Waals surface area contributed by atoms with Crippen LogP contribution in [0.15, 0.2) is 0 Å². The lowest BCUT2D eigenvalue weighted by molar-refractivity contribution is 0.127. The first-order valence-corrected chi connectivity index (χ1v) is 8.49. The Kier molecular flexibility index (Phi) is 16.9. The van der Waals surface area contributed by atoms with Crippen molar-refractivity contribution in [1.82, 2.24) is 0 Å². The summed E-state index contributed by atoms with van der Waals surface area (Å²) in [5.74, 6) is 0. The molecule has 0 N–H and O–H groups in total. The Morgan fingerprint density at radius 2 is 0.833 bits per heavy atom. The van der Waals surface area contributed by atoms with Crippen LogP contribution in [0.1, 0.15) is 97.3 Å². The van der Waals surface area contributed by atoms with Gasteiger partial charge in [-0.05, 0) is 12.8 Å². The van der Waals surface area contributed by atoms with E-state index in [1.807, 2.05) is 0 Å². The molecule has 0 bridgehead atoms. The molecule has 0 unspecified atom stereocenters. The molecule has 1 nitrogen and oxygen atoms in total. The maximum absolute atomic E-state index is 5.56. The van der Waals surface area contributed by atoms with Crippen LogP contribution in [-0.4, -0.2) is 13.2 Å². The van der Waals surface area contributed by atoms with Gasteiger partial charge in [0.1, 0.15) is 0 Å². The summed E-state index contributed by atoms with van der Waals surface area (Å²) in [6, 6.07) is 0. The van der Waals surface area contributed by atoms with Gasteiger partial charge < -0.3 is 4.74 Å². The normalized spacial score (nSPS) is 11.0. The van der Waals surface area contributed by atoms with Crippen molar-refractivity contribution in [3.8, 4) is 0 Å². The van der Waals surface area contributed by atoms with Crippen molar-refractivity contribution in [3.05, 3.63) is 0 Å². The maximum atomic E-state index is 5.56. The molecule has 0 aromatic rings. The summed E-state index contributed by atoms with van der Waals surface area (Å²) in [7, 11) is 0. The summed E-state index contributed by atoms with van der Waals surface area (Å²) in [4.78, 5) is 0. The lowest BCUT2D eigenvalue weighted by atomic mass is 10.1. The lowest BCUT2D eigenvalue weighted by Gasteiger charge is -2.04. The van der Waals surface area contributed by atoms with Crippen LogP contribution < -0.4 is 0 Å². The molecule has 0 saturated carbocycles. The van der Waals surface area contributed by atoms with E-state index in [9.17, 15) is 0 Å². The van der Waals surface area contributed by atoms with Crippen LogP contribution in [0.5, 0.6) is 0 Å². The van der Waals surface area contributed by atoms with Crippen LogP contribution in [0, 0.1) is 0 Å². The smallest absolute Gasteiger partial charge is 0.0466 e. The van der Waals surface area contributed by atoms with Crippen molar-refractivity contribution >= 4 is 0 Å². The van der Waals surface area contributed by atoms with Crippen molar-refractivity contribution in [2.24, 2.45) is 0 Å². The van der Waals surface area contributed by atoms with Gasteiger partial charge in [0.05, 0.1) is 0 Å². The van der Waals surface area contributed by atoms with E-state index in [1.165, 1.54) is 83.5 Å². The molecule has 0 aliphatic carbocycles. The summed E-state index contributed by atoms with van der Waals surface area (Å²) in [5.41, 5.74) is 0. The van der Waals surface area contributed by atoms with Crippen LogP contribution in [-0.2, 0) is 4.74 Å². The number of ether oxygens (including phenoxy) is 1. The van der Waals surface area contributed by atoms with E-state index in [0.717, 1.165) is 13.2 Å². The van der Waals surface area contributed by atoms with Gasteiger partial charge in [0, 0.05) is 13.2 Å². The predicted molar refractivity (Wildman–Crippen MR) is 82.2 cm³/mol. The van der Waals surface area contributed by atoms with Gasteiger partial charge in [-0.15, -0.1) is 0 Å². The highest BCUT2D eigenvalue weighted by Gasteiger charge is 1.93. The van der Waals surface area contributed by atoms with Gasteiger partial charge in [-0.3, -0.25) is 0 Å². The first kappa shape index (κ1) is 18.0. The molecule has 18 heavy (non-hydrogen) atoms. The van der Waals surface area contributed by atoms with E-state index in [0.29, 0.717) is 0 Å². The molecule has 0 radical (unpaired) electrons. The summed E-state index contributed by atoms with van der Waals surface area (Å²) in [6.07, 6.45) is 18.0. The Labute approximate surface area is 116 Å². The minimum absolute atomic E-state index is 0.967. The molecule has 110 valence electrons. The predicted octanol–water partition coefficient (Wildman–Crippen LogP) is 6.11. The van der Waals surface area contributed by atoms with Crippen LogP contribution in [0.3, 0.4) is 0 Å². The Morgan fingerprint density at radius 1 is 0.444 bits per heavy atom. The van der Waals surface area contributed by atoms with E-state index >= 15 is 0 Å². The van der Waals surface area contributed by atoms with Crippen molar-refractivity contribution in [2.75, 3.05) is 13.2 Å². The molecule has 0 aliphatic rings. The van der Waals surface area contributed by atoms with Gasteiger partial charge in [0.15, 0.2) is 0 Å². The molecule has 0 atom stereocenters. The van der Waals surface area contributed by atoms with Crippen LogP contribution in [0.2, 0.25) is 0 Å². The third kappa shape index (κ3) is 16.0. The molecular formula is C17H36O. The standard InChI is InChI=1S/C17H36O/c1-3-5-7-8-9-10-11-12-13-14-15-17-18-16-6-4-2/h3-17H2,1-2H3. The molecule has 0 aromatic carbocycles. The van der Waals surface area contributed by atoms with Crippen molar-refractivity contribution in [1.29, 1.82) is 0 Å². The van der Waals surface area contributed by atoms with Gasteiger partial charge in [-0.1, -0.05) is 84.5 Å². The van der Waals surface area contributed by atoms with E-state index in [4.69, 9.17) is 4.74 Å². The van der Waals surface area contributed by atoms with Crippen LogP contribution >= 0.6 is 0 Å². The summed E-state index contributed by atoms with van der Waals surface area (Å²) in [5, 5.41) is 0. The minimum atomic E-state index is 0.967. The minimum Gasteiger partial charge on any atom is -0.381 e. The zero-order valence-corrected chi connectivity index (χ0v) is 13.0. The van der Waals surface area contributed by atoms with Crippen molar-refractivity contribution < 1.29 is 4.74 Å². The highest BCUT2D eigenvalue weighted by atomic mass is 16.5. The van der Waals surface area contributed by atoms with Gasteiger partial charge >= 0.3 is 0 Å². The van der Waals surface area contributed by atoms with Crippen LogP contribution in [0.25, 0.3) is 0 Å². The van der Waals surface area contributed by atoms with Crippen LogP contribution in [0.4, 0.5) is 0 Å². The molecule has 0 rings (SSSR count). The number of unbranched alkanes of at least 4 members (excludes halogenated alkanes) is 11. The van der Waals surface area contributed by atoms with E-state index in [-0.39, 0.29) is 0 Å². The second kappa shape index (κ2) is 17.0. The summed E-state index contributed by atoms with van der Waals surface area (Å²) >= 11 is 0. The summed E-state index contributed by atoms with van der Waals surface area (Å²) in [6.45, 7) is 6.45. The number of hydrogen-bond acceptors (Lipinski definition) is 1. The summed E-state index contributed by atoms with van der Waals surface area (Å²) < 4.78 is 5.56. The lowest BCUT2D eigenvalue weighted by Crippen LogP contribution is -1.96. The molecule has 0 amide bonds. The third-order valence-corrected chi connectivity index (χ3v) is 3.53. The fourth-order valence-electron chi connectivity index (χ4n) is 2.22. The first-order valence-electron chi connectivity index (χ1n) is 8.49. The quantitative estimate of drug-likeness (QED) is 0.321. The fourth-order valence-corrected chi connectivity index (χ4v) is 2.22. The average Bonchev–Trinajstić information content (AvgIpc) is 2.39. The second-order valence-corrected chi connectivity index (χ2v) is 5.50. The zero-order chi connectivity index (χ0) is 13.3. The molecule has 1 heteroatoms. The Bertz CT molecular complexity index is 118. The topological polar surface area (TPSA) is 9.23 Å². The van der Waals surface area contributed by atoms with Crippen molar-refractivity contribution in [2.45, 2.75) is 97.3 Å². The highest BCUT2D eigenvalue weighted by Crippen LogP contribution is 2.11. The van der Waals surface area contributed by atoms with Crippen molar-refractivity contribution in [3.63, 3.8) is 0 Å². The molecule has 0 heterocycles. The average molecular weight is 256 g/mol. The fraction of sp³-hybridized carbons (Fsp3) is 1.00. The third-order valence-electron chi connectivity index (χ3n) is 3.53. The SMILES string of the molecule is CCCCCCCCCCCCCOCCCC. The van der Waals surface area contributed by atoms with Gasteiger partial charge in [0.2, 0.25) is 0 Å². The van der Waals surface area contributed by atoms with E-state index < -0.39 is 0 Å². The molecule has 0 saturated heterocycles. The first-order chi connectivity index (χ1) is 8.91. The van der Waals surface area contributed by atoms with E-state index in [2.05, 4.69) is 13.8 Å². The Balaban J connectivity index is 2.86.